The van der Waals surface area contributed by atoms with Crippen LogP contribution in [0.2, 0.25) is 0 Å². The van der Waals surface area contributed by atoms with Crippen LogP contribution in [-0.4, -0.2) is 35.3 Å². The highest BCUT2D eigenvalue weighted by Crippen LogP contribution is 2.38. The fourth-order valence-corrected chi connectivity index (χ4v) is 3.03. The molecule has 1 aliphatic rings. The quantitative estimate of drug-likeness (QED) is 0.857. The van der Waals surface area contributed by atoms with Gasteiger partial charge in [0.1, 0.15) is 0 Å². The fraction of sp³-hybridized carbons (Fsp3) is 0.450. The van der Waals surface area contributed by atoms with E-state index in [1.165, 1.54) is 17.8 Å². The number of nitrogens with zero attached hydrogens (tertiary/aromatic N) is 1. The zero-order valence-corrected chi connectivity index (χ0v) is 16.4. The Labute approximate surface area is 155 Å². The molecule has 0 unspecified atom stereocenters. The molecule has 26 heavy (non-hydrogen) atoms. The number of carbonyl (C=O) groups is 1. The first-order valence-corrected chi connectivity index (χ1v) is 8.95. The second-order valence-corrected chi connectivity index (χ2v) is 7.96. The molecule has 0 atom stereocenters. The van der Waals surface area contributed by atoms with Gasteiger partial charge in [0, 0.05) is 37.6 Å². The molecule has 0 saturated carbocycles. The molecular formula is C20H27BN2O3. The van der Waals surface area contributed by atoms with Crippen molar-refractivity contribution in [1.29, 1.82) is 0 Å². The molecule has 0 spiro atoms. The molecule has 1 aliphatic heterocycles. The van der Waals surface area contributed by atoms with Gasteiger partial charge in [-0.15, -0.1) is 0 Å². The molecule has 138 valence electrons. The van der Waals surface area contributed by atoms with Crippen molar-refractivity contribution >= 4 is 30.0 Å². The highest BCUT2D eigenvalue weighted by molar-refractivity contribution is 6.56. The lowest BCUT2D eigenvalue weighted by Crippen LogP contribution is -2.41. The van der Waals surface area contributed by atoms with Crippen LogP contribution in [0.1, 0.15) is 40.2 Å². The molecule has 3 rings (SSSR count). The predicted octanol–water partition coefficient (Wildman–Crippen LogP) is 3.33. The Bertz CT molecular complexity index is 851. The summed E-state index contributed by atoms with van der Waals surface area (Å²) in [6.45, 7) is 10.0. The Morgan fingerprint density at radius 2 is 1.85 bits per heavy atom. The maximum Gasteiger partial charge on any atom is 0.492 e. The summed E-state index contributed by atoms with van der Waals surface area (Å²) >= 11 is 0. The van der Waals surface area contributed by atoms with E-state index in [2.05, 4.69) is 34.1 Å². The van der Waals surface area contributed by atoms with Crippen LogP contribution < -0.4 is 5.32 Å². The number of hydrogen-bond acceptors (Lipinski definition) is 3. The molecule has 1 amide bonds. The summed E-state index contributed by atoms with van der Waals surface area (Å²) in [5.41, 5.74) is 2.29. The van der Waals surface area contributed by atoms with Gasteiger partial charge in [-0.25, -0.2) is 0 Å². The Morgan fingerprint density at radius 3 is 2.46 bits per heavy atom. The Balaban J connectivity index is 1.94. The van der Waals surface area contributed by atoms with Gasteiger partial charge < -0.3 is 19.2 Å². The zero-order chi connectivity index (χ0) is 19.1. The Kier molecular flexibility index (Phi) is 4.75. The number of aromatic nitrogens is 1. The average molecular weight is 354 g/mol. The monoisotopic (exact) mass is 354 g/mol. The maximum absolute atomic E-state index is 11.4. The van der Waals surface area contributed by atoms with Crippen molar-refractivity contribution < 1.29 is 14.1 Å². The largest absolute Gasteiger partial charge is 0.492 e. The van der Waals surface area contributed by atoms with Crippen LogP contribution >= 0.6 is 0 Å². The molecule has 2 heterocycles. The third-order valence-corrected chi connectivity index (χ3v) is 5.36. The predicted molar refractivity (Wildman–Crippen MR) is 106 cm³/mol. The number of carbonyl (C=O) groups excluding carboxylic acids is 1. The summed E-state index contributed by atoms with van der Waals surface area (Å²) in [6, 6.07) is 8.39. The lowest BCUT2D eigenvalue weighted by Gasteiger charge is -2.32. The summed E-state index contributed by atoms with van der Waals surface area (Å²) in [5.74, 6) is -0.0778. The first kappa shape index (κ1) is 18.7. The second kappa shape index (κ2) is 6.60. The molecule has 1 N–H and O–H groups in total. The van der Waals surface area contributed by atoms with Crippen LogP contribution in [0.25, 0.3) is 17.0 Å². The van der Waals surface area contributed by atoms with Crippen LogP contribution in [0.15, 0.2) is 35.9 Å². The van der Waals surface area contributed by atoms with Gasteiger partial charge in [-0.2, -0.15) is 0 Å². The summed E-state index contributed by atoms with van der Waals surface area (Å²) < 4.78 is 14.4. The topological polar surface area (TPSA) is 52.5 Å². The van der Waals surface area contributed by atoms with Crippen molar-refractivity contribution in [2.75, 3.05) is 6.54 Å². The molecule has 6 heteroatoms. The van der Waals surface area contributed by atoms with Gasteiger partial charge in [0.15, 0.2) is 0 Å². The molecule has 0 bridgehead atoms. The van der Waals surface area contributed by atoms with E-state index in [1.807, 2.05) is 47.0 Å². The minimum atomic E-state index is -0.488. The van der Waals surface area contributed by atoms with E-state index in [4.69, 9.17) is 9.31 Å². The molecule has 0 aliphatic carbocycles. The van der Waals surface area contributed by atoms with Gasteiger partial charge in [-0.3, -0.25) is 4.79 Å². The third kappa shape index (κ3) is 3.57. The summed E-state index contributed by atoms with van der Waals surface area (Å²) in [4.78, 5) is 11.4. The van der Waals surface area contributed by atoms with E-state index in [1.54, 1.807) is 0 Å². The first-order valence-electron chi connectivity index (χ1n) is 8.95. The zero-order valence-electron chi connectivity index (χ0n) is 16.4. The van der Waals surface area contributed by atoms with Gasteiger partial charge in [0.2, 0.25) is 5.91 Å². The van der Waals surface area contributed by atoms with Crippen LogP contribution in [0.4, 0.5) is 0 Å². The highest BCUT2D eigenvalue weighted by Gasteiger charge is 2.52. The van der Waals surface area contributed by atoms with Gasteiger partial charge in [0.25, 0.3) is 0 Å². The van der Waals surface area contributed by atoms with Crippen molar-refractivity contribution in [1.82, 2.24) is 9.88 Å². The van der Waals surface area contributed by atoms with E-state index in [9.17, 15) is 4.79 Å². The maximum atomic E-state index is 11.4. The van der Waals surface area contributed by atoms with Gasteiger partial charge in [-0.05, 0) is 56.9 Å². The number of amides is 1. The minimum absolute atomic E-state index is 0.0778. The lowest BCUT2D eigenvalue weighted by molar-refractivity contribution is -0.118. The smallest absolute Gasteiger partial charge is 0.400 e. The number of benzene rings is 1. The van der Waals surface area contributed by atoms with Gasteiger partial charge in [-0.1, -0.05) is 12.1 Å². The lowest BCUT2D eigenvalue weighted by atomic mass is 9.77. The normalized spacial score (nSPS) is 19.2. The van der Waals surface area contributed by atoms with Crippen molar-refractivity contribution in [2.24, 2.45) is 7.05 Å². The SMILES string of the molecule is CC(=O)NCC(=Cc1ccc2c(ccn2C)c1)B1OC(C)(C)C(C)(C)O1. The highest BCUT2D eigenvalue weighted by atomic mass is 16.7. The van der Waals surface area contributed by atoms with E-state index in [0.717, 1.165) is 11.0 Å². The van der Waals surface area contributed by atoms with Gasteiger partial charge in [0.05, 0.1) is 11.2 Å². The number of rotatable bonds is 4. The van der Waals surface area contributed by atoms with Crippen LogP contribution in [0.5, 0.6) is 0 Å². The number of hydrogen-bond donors (Lipinski definition) is 1. The third-order valence-electron chi connectivity index (χ3n) is 5.36. The molecule has 0 radical (unpaired) electrons. The van der Waals surface area contributed by atoms with E-state index in [0.29, 0.717) is 6.54 Å². The minimum Gasteiger partial charge on any atom is -0.400 e. The average Bonchev–Trinajstić information content (AvgIpc) is 3.00. The van der Waals surface area contributed by atoms with Crippen molar-refractivity contribution in [2.45, 2.75) is 45.8 Å². The summed E-state index contributed by atoms with van der Waals surface area (Å²) in [5, 5.41) is 4.04. The summed E-state index contributed by atoms with van der Waals surface area (Å²) in [7, 11) is 1.54. The number of nitrogens with one attached hydrogen (secondary N) is 1. The molecule has 2 aromatic rings. The molecule has 1 aromatic carbocycles. The van der Waals surface area contributed by atoms with E-state index < -0.39 is 18.3 Å². The number of fused-ring (bicyclic) bond motifs is 1. The second-order valence-electron chi connectivity index (χ2n) is 7.96. The van der Waals surface area contributed by atoms with E-state index in [-0.39, 0.29) is 5.91 Å². The first-order chi connectivity index (χ1) is 12.1. The Hall–Kier alpha value is -2.05. The van der Waals surface area contributed by atoms with Crippen LogP contribution in [0.3, 0.4) is 0 Å². The van der Waals surface area contributed by atoms with Crippen molar-refractivity contribution in [3.05, 3.63) is 41.5 Å². The standard InChI is InChI=1S/C20H27BN2O3/c1-14(24)22-13-17(21-25-19(2,3)20(4,5)26-21)12-15-7-8-18-16(11-15)9-10-23(18)6/h7-12H,13H2,1-6H3,(H,22,24). The molecular weight excluding hydrogens is 327 g/mol. The van der Waals surface area contributed by atoms with E-state index >= 15 is 0 Å². The van der Waals surface area contributed by atoms with Crippen LogP contribution in [0, 0.1) is 0 Å². The number of aryl methyl sites for hydroxylation is 1. The molecule has 1 fully saturated rings. The fourth-order valence-electron chi connectivity index (χ4n) is 3.03. The summed E-state index contributed by atoms with van der Waals surface area (Å²) in [6.07, 6.45) is 4.09. The Morgan fingerprint density at radius 1 is 1.19 bits per heavy atom. The molecule has 1 aromatic heterocycles. The van der Waals surface area contributed by atoms with Crippen molar-refractivity contribution in [3.8, 4) is 0 Å². The van der Waals surface area contributed by atoms with Crippen molar-refractivity contribution in [3.63, 3.8) is 0 Å². The molecule has 1 saturated heterocycles. The van der Waals surface area contributed by atoms with Gasteiger partial charge >= 0.3 is 7.12 Å². The molecule has 5 nitrogen and oxygen atoms in total. The van der Waals surface area contributed by atoms with Crippen LogP contribution in [-0.2, 0) is 21.2 Å².